The molecule has 1 aromatic heterocycles. The molecule has 0 amide bonds. The molecule has 2 aromatic rings. The van der Waals surface area contributed by atoms with Crippen LogP contribution in [0.4, 0.5) is 5.13 Å². The van der Waals surface area contributed by atoms with Crippen LogP contribution in [0.1, 0.15) is 38.3 Å². The lowest BCUT2D eigenvalue weighted by Gasteiger charge is -2.24. The summed E-state index contributed by atoms with van der Waals surface area (Å²) in [5.74, 6) is 0. The SMILES string of the molecule is CC(C)(C)c1nnc(NCC(C)(O)c2cccc(Cl)c2)s1. The number of nitrogens with zero attached hydrogens (tertiary/aromatic N) is 2. The van der Waals surface area contributed by atoms with Crippen molar-refractivity contribution in [2.75, 3.05) is 11.9 Å². The quantitative estimate of drug-likeness (QED) is 0.897. The fourth-order valence-electron chi connectivity index (χ4n) is 1.77. The molecule has 1 heterocycles. The molecule has 0 aliphatic carbocycles. The van der Waals surface area contributed by atoms with Gasteiger partial charge in [0.15, 0.2) is 0 Å². The Balaban J connectivity index is 2.06. The van der Waals surface area contributed by atoms with Gasteiger partial charge in [-0.1, -0.05) is 55.8 Å². The number of benzene rings is 1. The molecular formula is C15H20ClN3OS. The van der Waals surface area contributed by atoms with Gasteiger partial charge in [-0.25, -0.2) is 0 Å². The second kappa shape index (κ2) is 5.91. The highest BCUT2D eigenvalue weighted by atomic mass is 35.5. The molecule has 0 spiro atoms. The summed E-state index contributed by atoms with van der Waals surface area (Å²) < 4.78 is 0. The standard InChI is InChI=1S/C15H20ClN3OS/c1-14(2,3)12-18-19-13(21-12)17-9-15(4,20)10-6-5-7-11(16)8-10/h5-8,20H,9H2,1-4H3,(H,17,19). The van der Waals surface area contributed by atoms with Crippen LogP contribution in [-0.4, -0.2) is 21.8 Å². The average molecular weight is 326 g/mol. The zero-order valence-corrected chi connectivity index (χ0v) is 14.2. The number of aliphatic hydroxyl groups is 1. The third-order valence-electron chi connectivity index (χ3n) is 3.10. The van der Waals surface area contributed by atoms with Crippen molar-refractivity contribution in [3.8, 4) is 0 Å². The molecular weight excluding hydrogens is 306 g/mol. The van der Waals surface area contributed by atoms with E-state index in [0.29, 0.717) is 16.7 Å². The van der Waals surface area contributed by atoms with E-state index in [1.165, 1.54) is 11.3 Å². The number of aromatic nitrogens is 2. The highest BCUT2D eigenvalue weighted by Crippen LogP contribution is 2.29. The molecule has 6 heteroatoms. The van der Waals surface area contributed by atoms with Crippen LogP contribution in [-0.2, 0) is 11.0 Å². The Hall–Kier alpha value is -1.17. The van der Waals surface area contributed by atoms with E-state index >= 15 is 0 Å². The summed E-state index contributed by atoms with van der Waals surface area (Å²) >= 11 is 7.48. The lowest BCUT2D eigenvalue weighted by atomic mass is 9.96. The molecule has 0 radical (unpaired) electrons. The summed E-state index contributed by atoms with van der Waals surface area (Å²) in [5, 5.41) is 24.3. The maximum atomic E-state index is 10.6. The monoisotopic (exact) mass is 325 g/mol. The van der Waals surface area contributed by atoms with E-state index < -0.39 is 5.60 Å². The lowest BCUT2D eigenvalue weighted by Crippen LogP contribution is -2.30. The fourth-order valence-corrected chi connectivity index (χ4v) is 2.76. The normalized spacial score (nSPS) is 14.8. The molecule has 4 nitrogen and oxygen atoms in total. The Morgan fingerprint density at radius 3 is 2.52 bits per heavy atom. The van der Waals surface area contributed by atoms with Crippen molar-refractivity contribution in [1.82, 2.24) is 10.2 Å². The summed E-state index contributed by atoms with van der Waals surface area (Å²) in [5.41, 5.74) is -0.283. The Morgan fingerprint density at radius 1 is 1.24 bits per heavy atom. The first-order chi connectivity index (χ1) is 9.68. The van der Waals surface area contributed by atoms with E-state index in [1.807, 2.05) is 12.1 Å². The molecule has 0 saturated carbocycles. The lowest BCUT2D eigenvalue weighted by molar-refractivity contribution is 0.0715. The zero-order chi connectivity index (χ0) is 15.7. The van der Waals surface area contributed by atoms with Crippen LogP contribution in [0.3, 0.4) is 0 Å². The van der Waals surface area contributed by atoms with Crippen molar-refractivity contribution in [2.24, 2.45) is 0 Å². The molecule has 2 N–H and O–H groups in total. The topological polar surface area (TPSA) is 58.0 Å². The van der Waals surface area contributed by atoms with Crippen LogP contribution in [0.2, 0.25) is 5.02 Å². The molecule has 0 fully saturated rings. The van der Waals surface area contributed by atoms with E-state index in [4.69, 9.17) is 11.6 Å². The van der Waals surface area contributed by atoms with Gasteiger partial charge >= 0.3 is 0 Å². The van der Waals surface area contributed by atoms with Crippen molar-refractivity contribution in [2.45, 2.75) is 38.7 Å². The molecule has 114 valence electrons. The van der Waals surface area contributed by atoms with E-state index in [-0.39, 0.29) is 5.41 Å². The van der Waals surface area contributed by atoms with Crippen molar-refractivity contribution >= 4 is 28.1 Å². The third-order valence-corrected chi connectivity index (χ3v) is 4.64. The van der Waals surface area contributed by atoms with Crippen LogP contribution in [0.5, 0.6) is 0 Å². The summed E-state index contributed by atoms with van der Waals surface area (Å²) in [4.78, 5) is 0. The zero-order valence-electron chi connectivity index (χ0n) is 12.6. The van der Waals surface area contributed by atoms with Gasteiger partial charge in [-0.05, 0) is 24.6 Å². The molecule has 2 rings (SSSR count). The number of rotatable bonds is 4. The van der Waals surface area contributed by atoms with Gasteiger partial charge in [0.1, 0.15) is 10.6 Å². The van der Waals surface area contributed by atoms with Crippen LogP contribution >= 0.6 is 22.9 Å². The first-order valence-corrected chi connectivity index (χ1v) is 7.94. The Bertz CT molecular complexity index is 619. The first kappa shape index (κ1) is 16.2. The number of halogens is 1. The molecule has 0 bridgehead atoms. The van der Waals surface area contributed by atoms with E-state index in [2.05, 4.69) is 36.3 Å². The minimum atomic E-state index is -1.03. The molecule has 1 atom stereocenters. The number of hydrogen-bond acceptors (Lipinski definition) is 5. The highest BCUT2D eigenvalue weighted by molar-refractivity contribution is 7.15. The Morgan fingerprint density at radius 2 is 1.95 bits per heavy atom. The largest absolute Gasteiger partial charge is 0.384 e. The van der Waals surface area contributed by atoms with Gasteiger partial charge in [-0.15, -0.1) is 10.2 Å². The van der Waals surface area contributed by atoms with Gasteiger partial charge in [0, 0.05) is 17.0 Å². The van der Waals surface area contributed by atoms with Crippen LogP contribution in [0.15, 0.2) is 24.3 Å². The number of hydrogen-bond donors (Lipinski definition) is 2. The van der Waals surface area contributed by atoms with Crippen LogP contribution in [0.25, 0.3) is 0 Å². The van der Waals surface area contributed by atoms with Crippen LogP contribution in [0, 0.1) is 0 Å². The van der Waals surface area contributed by atoms with E-state index in [1.54, 1.807) is 19.1 Å². The van der Waals surface area contributed by atoms with Gasteiger partial charge in [0.05, 0.1) is 0 Å². The smallest absolute Gasteiger partial charge is 0.205 e. The van der Waals surface area contributed by atoms with E-state index in [9.17, 15) is 5.11 Å². The van der Waals surface area contributed by atoms with Crippen molar-refractivity contribution in [3.05, 3.63) is 39.9 Å². The minimum Gasteiger partial charge on any atom is -0.384 e. The Labute approximate surface area is 134 Å². The summed E-state index contributed by atoms with van der Waals surface area (Å²) in [7, 11) is 0. The molecule has 1 aromatic carbocycles. The highest BCUT2D eigenvalue weighted by Gasteiger charge is 2.24. The molecule has 1 unspecified atom stereocenters. The van der Waals surface area contributed by atoms with Crippen molar-refractivity contribution < 1.29 is 5.11 Å². The van der Waals surface area contributed by atoms with Crippen molar-refractivity contribution in [1.29, 1.82) is 0 Å². The fraction of sp³-hybridized carbons (Fsp3) is 0.467. The van der Waals surface area contributed by atoms with Gasteiger partial charge in [0.2, 0.25) is 5.13 Å². The minimum absolute atomic E-state index is 0.0208. The second-order valence-corrected chi connectivity index (χ2v) is 7.71. The van der Waals surface area contributed by atoms with E-state index in [0.717, 1.165) is 10.6 Å². The van der Waals surface area contributed by atoms with Crippen LogP contribution < -0.4 is 5.32 Å². The molecule has 21 heavy (non-hydrogen) atoms. The molecule has 0 aliphatic heterocycles. The predicted molar refractivity (Wildman–Crippen MR) is 88.1 cm³/mol. The second-order valence-electron chi connectivity index (χ2n) is 6.30. The maximum absolute atomic E-state index is 10.6. The Kier molecular flexibility index (Phi) is 4.56. The summed E-state index contributed by atoms with van der Waals surface area (Å²) in [6.45, 7) is 8.38. The van der Waals surface area contributed by atoms with Gasteiger partial charge in [-0.3, -0.25) is 0 Å². The predicted octanol–water partition coefficient (Wildman–Crippen LogP) is 3.81. The number of anilines is 1. The summed E-state index contributed by atoms with van der Waals surface area (Å²) in [6, 6.07) is 7.24. The summed E-state index contributed by atoms with van der Waals surface area (Å²) in [6.07, 6.45) is 0. The average Bonchev–Trinajstić information content (AvgIpc) is 2.85. The molecule has 0 aliphatic rings. The van der Waals surface area contributed by atoms with Gasteiger partial charge < -0.3 is 10.4 Å². The van der Waals surface area contributed by atoms with Crippen molar-refractivity contribution in [3.63, 3.8) is 0 Å². The maximum Gasteiger partial charge on any atom is 0.205 e. The molecule has 0 saturated heterocycles. The number of nitrogens with one attached hydrogen (secondary N) is 1. The van der Waals surface area contributed by atoms with Gasteiger partial charge in [0.25, 0.3) is 0 Å². The third kappa shape index (κ3) is 4.15. The first-order valence-electron chi connectivity index (χ1n) is 6.75. The van der Waals surface area contributed by atoms with Gasteiger partial charge in [-0.2, -0.15) is 0 Å².